The maximum absolute atomic E-state index is 11.8. The Morgan fingerprint density at radius 1 is 1.19 bits per heavy atom. The van der Waals surface area contributed by atoms with Crippen molar-refractivity contribution in [3.8, 4) is 0 Å². The zero-order chi connectivity index (χ0) is 15.8. The first-order valence-electron chi connectivity index (χ1n) is 7.27. The van der Waals surface area contributed by atoms with Gasteiger partial charge in [-0.1, -0.05) is 50.6 Å². The summed E-state index contributed by atoms with van der Waals surface area (Å²) in [5.41, 5.74) is 0.681. The molecule has 0 radical (unpaired) electrons. The number of rotatable bonds is 7. The van der Waals surface area contributed by atoms with Crippen molar-refractivity contribution in [2.24, 2.45) is 5.92 Å². The van der Waals surface area contributed by atoms with E-state index < -0.39 is 11.9 Å². The third-order valence-corrected chi connectivity index (χ3v) is 3.82. The number of hydrogen-bond acceptors (Lipinski definition) is 2. The smallest absolute Gasteiger partial charge is 0.315 e. The number of carboxylic acids is 1. The number of carbonyl (C=O) groups excluding carboxylic acids is 1. The van der Waals surface area contributed by atoms with E-state index in [0.29, 0.717) is 11.5 Å². The molecule has 3 atom stereocenters. The molecule has 0 aromatic heterocycles. The summed E-state index contributed by atoms with van der Waals surface area (Å²) < 4.78 is 0. The summed E-state index contributed by atoms with van der Waals surface area (Å²) in [6.07, 6.45) is 0.975. The molecule has 0 saturated carbocycles. The van der Waals surface area contributed by atoms with E-state index in [9.17, 15) is 14.7 Å². The molecule has 5 nitrogen and oxygen atoms in total. The van der Waals surface area contributed by atoms with Gasteiger partial charge in [0.2, 0.25) is 0 Å². The van der Waals surface area contributed by atoms with E-state index in [-0.39, 0.29) is 18.6 Å². The van der Waals surface area contributed by atoms with Gasteiger partial charge in [-0.2, -0.15) is 0 Å². The predicted molar refractivity (Wildman–Crippen MR) is 82.3 cm³/mol. The van der Waals surface area contributed by atoms with E-state index in [1.807, 2.05) is 13.0 Å². The number of amides is 2. The average Bonchev–Trinajstić information content (AvgIpc) is 2.47. The minimum absolute atomic E-state index is 0.0509. The maximum atomic E-state index is 11.8. The number of urea groups is 1. The molecule has 0 spiro atoms. The van der Waals surface area contributed by atoms with Gasteiger partial charge in [0.15, 0.2) is 0 Å². The second-order valence-corrected chi connectivity index (χ2v) is 5.33. The van der Waals surface area contributed by atoms with Gasteiger partial charge in [-0.15, -0.1) is 0 Å². The molecule has 0 aliphatic carbocycles. The number of aliphatic carboxylic acids is 1. The van der Waals surface area contributed by atoms with Crippen molar-refractivity contribution < 1.29 is 14.7 Å². The van der Waals surface area contributed by atoms with E-state index >= 15 is 0 Å². The summed E-state index contributed by atoms with van der Waals surface area (Å²) in [7, 11) is 0. The predicted octanol–water partition coefficient (Wildman–Crippen LogP) is 2.59. The Hall–Kier alpha value is -2.04. The summed E-state index contributed by atoms with van der Waals surface area (Å²) in [4.78, 5) is 23.1. The molecule has 3 N–H and O–H groups in total. The number of carbonyl (C=O) groups is 2. The average molecular weight is 292 g/mol. The fourth-order valence-corrected chi connectivity index (χ4v) is 1.98. The summed E-state index contributed by atoms with van der Waals surface area (Å²) in [6.45, 7) is 6.14. The summed E-state index contributed by atoms with van der Waals surface area (Å²) in [5, 5.41) is 14.8. The van der Waals surface area contributed by atoms with Gasteiger partial charge in [0.05, 0.1) is 5.92 Å². The van der Waals surface area contributed by atoms with Gasteiger partial charge in [0.25, 0.3) is 0 Å². The lowest BCUT2D eigenvalue weighted by Gasteiger charge is -2.21. The van der Waals surface area contributed by atoms with Gasteiger partial charge in [0.1, 0.15) is 0 Å². The molecule has 0 heterocycles. The van der Waals surface area contributed by atoms with Gasteiger partial charge in [-0.05, 0) is 18.4 Å². The first kappa shape index (κ1) is 17.0. The van der Waals surface area contributed by atoms with Crippen LogP contribution in [-0.4, -0.2) is 29.7 Å². The molecule has 0 aliphatic rings. The van der Waals surface area contributed by atoms with Crippen LogP contribution in [0.4, 0.5) is 4.79 Å². The third-order valence-electron chi connectivity index (χ3n) is 3.82. The van der Waals surface area contributed by atoms with Gasteiger partial charge in [0, 0.05) is 12.6 Å². The Morgan fingerprint density at radius 2 is 1.81 bits per heavy atom. The van der Waals surface area contributed by atoms with Crippen molar-refractivity contribution in [3.63, 3.8) is 0 Å². The van der Waals surface area contributed by atoms with Gasteiger partial charge in [-0.25, -0.2) is 4.79 Å². The van der Waals surface area contributed by atoms with E-state index in [2.05, 4.69) is 24.5 Å². The Bertz CT molecular complexity index is 462. The number of nitrogens with one attached hydrogen (secondary N) is 2. The highest BCUT2D eigenvalue weighted by molar-refractivity contribution is 5.79. The molecule has 0 aliphatic heterocycles. The number of carboxylic acid groups (broad SMARTS) is 1. The lowest BCUT2D eigenvalue weighted by Crippen LogP contribution is -2.45. The van der Waals surface area contributed by atoms with E-state index in [1.165, 1.54) is 0 Å². The van der Waals surface area contributed by atoms with Crippen LogP contribution in [0.25, 0.3) is 0 Å². The maximum Gasteiger partial charge on any atom is 0.315 e. The van der Waals surface area contributed by atoms with Crippen LogP contribution < -0.4 is 10.6 Å². The van der Waals surface area contributed by atoms with Crippen molar-refractivity contribution in [1.82, 2.24) is 10.6 Å². The standard InChI is InChI=1S/C16H24N2O3/c1-4-11(2)12(3)18-16(21)17-10-14(15(19)20)13-8-6-5-7-9-13/h5-9,11-12,14H,4,10H2,1-3H3,(H,19,20)(H2,17,18,21). The van der Waals surface area contributed by atoms with Crippen LogP contribution in [0.5, 0.6) is 0 Å². The second kappa shape index (κ2) is 8.29. The Balaban J connectivity index is 2.55. The zero-order valence-electron chi connectivity index (χ0n) is 12.8. The lowest BCUT2D eigenvalue weighted by atomic mass is 9.99. The van der Waals surface area contributed by atoms with Crippen molar-refractivity contribution in [2.75, 3.05) is 6.54 Å². The summed E-state index contributed by atoms with van der Waals surface area (Å²) >= 11 is 0. The minimum atomic E-state index is -0.948. The van der Waals surface area contributed by atoms with Crippen LogP contribution in [0.2, 0.25) is 0 Å². The van der Waals surface area contributed by atoms with Crippen molar-refractivity contribution >= 4 is 12.0 Å². The van der Waals surface area contributed by atoms with Crippen LogP contribution >= 0.6 is 0 Å². The van der Waals surface area contributed by atoms with Gasteiger partial charge in [-0.3, -0.25) is 4.79 Å². The molecule has 0 bridgehead atoms. The van der Waals surface area contributed by atoms with Gasteiger partial charge >= 0.3 is 12.0 Å². The van der Waals surface area contributed by atoms with Crippen LogP contribution in [0.1, 0.15) is 38.7 Å². The quantitative estimate of drug-likeness (QED) is 0.722. The molecule has 0 fully saturated rings. The number of hydrogen-bond donors (Lipinski definition) is 3. The second-order valence-electron chi connectivity index (χ2n) is 5.33. The van der Waals surface area contributed by atoms with Crippen molar-refractivity contribution in [3.05, 3.63) is 35.9 Å². The fourth-order valence-electron chi connectivity index (χ4n) is 1.98. The van der Waals surface area contributed by atoms with Crippen LogP contribution in [-0.2, 0) is 4.79 Å². The van der Waals surface area contributed by atoms with Gasteiger partial charge < -0.3 is 15.7 Å². The van der Waals surface area contributed by atoms with Crippen LogP contribution in [0.3, 0.4) is 0 Å². The van der Waals surface area contributed by atoms with E-state index in [4.69, 9.17) is 0 Å². The Morgan fingerprint density at radius 3 is 2.33 bits per heavy atom. The molecule has 3 unspecified atom stereocenters. The molecule has 116 valence electrons. The van der Waals surface area contributed by atoms with Crippen molar-refractivity contribution in [1.29, 1.82) is 0 Å². The zero-order valence-corrected chi connectivity index (χ0v) is 12.8. The topological polar surface area (TPSA) is 78.4 Å². The first-order valence-corrected chi connectivity index (χ1v) is 7.27. The normalized spacial score (nSPS) is 14.8. The third kappa shape index (κ3) is 5.45. The van der Waals surface area contributed by atoms with Crippen molar-refractivity contribution in [2.45, 2.75) is 39.2 Å². The lowest BCUT2D eigenvalue weighted by molar-refractivity contribution is -0.138. The minimum Gasteiger partial charge on any atom is -0.481 e. The molecule has 2 amide bonds. The highest BCUT2D eigenvalue weighted by Gasteiger charge is 2.21. The Labute approximate surface area is 125 Å². The highest BCUT2D eigenvalue weighted by Crippen LogP contribution is 2.14. The molecule has 5 heteroatoms. The Kier molecular flexibility index (Phi) is 6.72. The number of benzene rings is 1. The largest absolute Gasteiger partial charge is 0.481 e. The first-order chi connectivity index (χ1) is 9.95. The molecule has 1 aromatic carbocycles. The van der Waals surface area contributed by atoms with E-state index in [1.54, 1.807) is 24.3 Å². The van der Waals surface area contributed by atoms with Crippen LogP contribution in [0, 0.1) is 5.92 Å². The molecular formula is C16H24N2O3. The fraction of sp³-hybridized carbons (Fsp3) is 0.500. The molecule has 1 aromatic rings. The highest BCUT2D eigenvalue weighted by atomic mass is 16.4. The molecular weight excluding hydrogens is 268 g/mol. The molecule has 21 heavy (non-hydrogen) atoms. The monoisotopic (exact) mass is 292 g/mol. The molecule has 0 saturated heterocycles. The summed E-state index contributed by atoms with van der Waals surface area (Å²) in [5.74, 6) is -1.31. The van der Waals surface area contributed by atoms with Crippen LogP contribution in [0.15, 0.2) is 30.3 Å². The molecule has 1 rings (SSSR count). The summed E-state index contributed by atoms with van der Waals surface area (Å²) in [6, 6.07) is 8.63. The van der Waals surface area contributed by atoms with E-state index in [0.717, 1.165) is 6.42 Å². The SMILES string of the molecule is CCC(C)C(C)NC(=O)NCC(C(=O)O)c1ccccc1.